The van der Waals surface area contributed by atoms with Crippen molar-refractivity contribution in [3.8, 4) is 11.5 Å². The van der Waals surface area contributed by atoms with Crippen LogP contribution in [0.25, 0.3) is 0 Å². The summed E-state index contributed by atoms with van der Waals surface area (Å²) in [6, 6.07) is 11.6. The number of fused-ring (bicyclic) bond motifs is 1. The molecule has 8 heteroatoms. The molecular formula is C20H20FN3O3S. The number of benzene rings is 2. The number of amidine groups is 1. The number of hydrogen-bond donors (Lipinski definition) is 2. The van der Waals surface area contributed by atoms with Gasteiger partial charge < -0.3 is 20.5 Å². The largest absolute Gasteiger partial charge is 0.485 e. The Kier molecular flexibility index (Phi) is 4.89. The lowest BCUT2D eigenvalue weighted by Gasteiger charge is -2.30. The SMILES string of the molecule is CC1(c2cc(NC(=O)C3COc4ccccc4O3)ccc2F)CCSC(N)=N1. The molecular weight excluding hydrogens is 381 g/mol. The average molecular weight is 401 g/mol. The molecule has 6 nitrogen and oxygen atoms in total. The first-order valence-electron chi connectivity index (χ1n) is 8.92. The second kappa shape index (κ2) is 7.35. The molecule has 0 aromatic heterocycles. The van der Waals surface area contributed by atoms with Gasteiger partial charge in [0, 0.05) is 17.0 Å². The van der Waals surface area contributed by atoms with Gasteiger partial charge in [0.1, 0.15) is 12.4 Å². The van der Waals surface area contributed by atoms with Crippen LogP contribution < -0.4 is 20.5 Å². The Morgan fingerprint density at radius 1 is 1.32 bits per heavy atom. The molecule has 2 heterocycles. The van der Waals surface area contributed by atoms with Crippen molar-refractivity contribution in [2.24, 2.45) is 10.7 Å². The Hall–Kier alpha value is -2.74. The fraction of sp³-hybridized carbons (Fsp3) is 0.300. The highest BCUT2D eigenvalue weighted by atomic mass is 32.2. The molecule has 3 N–H and O–H groups in total. The first-order valence-corrected chi connectivity index (χ1v) is 9.91. The second-order valence-electron chi connectivity index (χ2n) is 6.87. The highest BCUT2D eigenvalue weighted by Gasteiger charge is 2.33. The third kappa shape index (κ3) is 3.64. The van der Waals surface area contributed by atoms with Crippen molar-refractivity contribution in [3.63, 3.8) is 0 Å². The van der Waals surface area contributed by atoms with Gasteiger partial charge in [-0.1, -0.05) is 23.9 Å². The zero-order chi connectivity index (χ0) is 19.7. The van der Waals surface area contributed by atoms with Crippen LogP contribution in [0, 0.1) is 5.82 Å². The van der Waals surface area contributed by atoms with Gasteiger partial charge in [-0.25, -0.2) is 4.39 Å². The van der Waals surface area contributed by atoms with E-state index in [1.165, 1.54) is 23.9 Å². The lowest BCUT2D eigenvalue weighted by Crippen LogP contribution is -2.40. The van der Waals surface area contributed by atoms with E-state index in [4.69, 9.17) is 15.2 Å². The molecule has 4 rings (SSSR count). The lowest BCUT2D eigenvalue weighted by atomic mass is 9.89. The number of nitrogens with two attached hydrogens (primary N) is 1. The molecule has 0 bridgehead atoms. The fourth-order valence-electron chi connectivity index (χ4n) is 3.27. The van der Waals surface area contributed by atoms with E-state index in [0.717, 1.165) is 5.75 Å². The number of carbonyl (C=O) groups excluding carboxylic acids is 1. The summed E-state index contributed by atoms with van der Waals surface area (Å²) in [6.45, 7) is 1.95. The Bertz CT molecular complexity index is 952. The molecule has 0 fully saturated rings. The van der Waals surface area contributed by atoms with E-state index in [9.17, 15) is 9.18 Å². The third-order valence-corrected chi connectivity index (χ3v) is 5.61. The smallest absolute Gasteiger partial charge is 0.269 e. The third-order valence-electron chi connectivity index (χ3n) is 4.81. The number of nitrogens with zero attached hydrogens (tertiary/aromatic N) is 1. The van der Waals surface area contributed by atoms with Crippen molar-refractivity contribution in [3.05, 3.63) is 53.8 Å². The molecule has 2 aliphatic heterocycles. The monoisotopic (exact) mass is 401 g/mol. The van der Waals surface area contributed by atoms with Gasteiger partial charge in [0.2, 0.25) is 6.10 Å². The average Bonchev–Trinajstić information content (AvgIpc) is 2.68. The van der Waals surface area contributed by atoms with E-state index >= 15 is 0 Å². The number of carbonyl (C=O) groups is 1. The summed E-state index contributed by atoms with van der Waals surface area (Å²) >= 11 is 1.45. The van der Waals surface area contributed by atoms with E-state index in [0.29, 0.717) is 34.3 Å². The summed E-state index contributed by atoms with van der Waals surface area (Å²) in [5.74, 6) is 1.14. The van der Waals surface area contributed by atoms with Crippen LogP contribution in [0.3, 0.4) is 0 Å². The van der Waals surface area contributed by atoms with Gasteiger partial charge in [-0.3, -0.25) is 9.79 Å². The molecule has 2 unspecified atom stereocenters. The molecule has 146 valence electrons. The molecule has 0 saturated heterocycles. The van der Waals surface area contributed by atoms with Crippen LogP contribution in [-0.4, -0.2) is 29.5 Å². The highest BCUT2D eigenvalue weighted by molar-refractivity contribution is 8.13. The second-order valence-corrected chi connectivity index (χ2v) is 7.99. The van der Waals surface area contributed by atoms with E-state index < -0.39 is 11.6 Å². The number of rotatable bonds is 3. The summed E-state index contributed by atoms with van der Waals surface area (Å²) < 4.78 is 25.8. The van der Waals surface area contributed by atoms with Gasteiger partial charge in [0.25, 0.3) is 5.91 Å². The maximum atomic E-state index is 14.5. The van der Waals surface area contributed by atoms with Crippen molar-refractivity contribution < 1.29 is 18.7 Å². The van der Waals surface area contributed by atoms with Crippen molar-refractivity contribution in [2.45, 2.75) is 25.0 Å². The fourth-order valence-corrected chi connectivity index (χ4v) is 4.24. The number of anilines is 1. The molecule has 28 heavy (non-hydrogen) atoms. The van der Waals surface area contributed by atoms with Crippen molar-refractivity contribution in [1.82, 2.24) is 0 Å². The number of para-hydroxylation sites is 2. The van der Waals surface area contributed by atoms with E-state index in [1.807, 2.05) is 19.1 Å². The molecule has 0 radical (unpaired) electrons. The first kappa shape index (κ1) is 18.6. The molecule has 2 aliphatic rings. The summed E-state index contributed by atoms with van der Waals surface area (Å²) in [4.78, 5) is 17.1. The zero-order valence-corrected chi connectivity index (χ0v) is 16.1. The van der Waals surface area contributed by atoms with Crippen molar-refractivity contribution in [1.29, 1.82) is 0 Å². The minimum atomic E-state index is -0.793. The number of thioether (sulfide) groups is 1. The summed E-state index contributed by atoms with van der Waals surface area (Å²) in [6.07, 6.45) is -0.137. The van der Waals surface area contributed by atoms with Gasteiger partial charge in [-0.05, 0) is 43.7 Å². The molecule has 0 aliphatic carbocycles. The predicted octanol–water partition coefficient (Wildman–Crippen LogP) is 3.27. The maximum Gasteiger partial charge on any atom is 0.269 e. The van der Waals surface area contributed by atoms with E-state index in [2.05, 4.69) is 10.3 Å². The summed E-state index contributed by atoms with van der Waals surface area (Å²) in [5, 5.41) is 3.22. The van der Waals surface area contributed by atoms with Crippen LogP contribution in [-0.2, 0) is 10.3 Å². The molecule has 2 aromatic rings. The normalized spacial score (nSPS) is 23.6. The molecule has 0 saturated carbocycles. The topological polar surface area (TPSA) is 85.9 Å². The Morgan fingerprint density at radius 2 is 2.11 bits per heavy atom. The van der Waals surface area contributed by atoms with Gasteiger partial charge in [0.15, 0.2) is 16.7 Å². The number of amides is 1. The van der Waals surface area contributed by atoms with Crippen LogP contribution in [0.1, 0.15) is 18.9 Å². The summed E-state index contributed by atoms with van der Waals surface area (Å²) in [7, 11) is 0. The first-order chi connectivity index (χ1) is 13.4. The highest BCUT2D eigenvalue weighted by Crippen LogP contribution is 2.37. The Labute approximate surface area is 166 Å². The standard InChI is InChI=1S/C20H20FN3O3S/c1-20(8-9-28-19(22)24-20)13-10-12(6-7-14(13)21)23-18(25)17-11-26-15-4-2-3-5-16(15)27-17/h2-7,10,17H,8-9,11H2,1H3,(H2,22,24)(H,23,25). The predicted molar refractivity (Wildman–Crippen MR) is 107 cm³/mol. The van der Waals surface area contributed by atoms with Crippen molar-refractivity contribution in [2.75, 3.05) is 17.7 Å². The number of aliphatic imine (C=N–C) groups is 1. The Balaban J connectivity index is 1.53. The van der Waals surface area contributed by atoms with Gasteiger partial charge in [-0.15, -0.1) is 0 Å². The quantitative estimate of drug-likeness (QED) is 0.824. The van der Waals surface area contributed by atoms with E-state index in [1.54, 1.807) is 18.2 Å². The van der Waals surface area contributed by atoms with Gasteiger partial charge in [0.05, 0.1) is 5.54 Å². The van der Waals surface area contributed by atoms with Crippen LogP contribution in [0.5, 0.6) is 11.5 Å². The molecule has 2 aromatic carbocycles. The van der Waals surface area contributed by atoms with E-state index in [-0.39, 0.29) is 18.3 Å². The van der Waals surface area contributed by atoms with Crippen LogP contribution in [0.15, 0.2) is 47.5 Å². The van der Waals surface area contributed by atoms with Crippen LogP contribution >= 0.6 is 11.8 Å². The minimum Gasteiger partial charge on any atom is -0.485 e. The van der Waals surface area contributed by atoms with Gasteiger partial charge >= 0.3 is 0 Å². The number of halogens is 1. The number of ether oxygens (including phenoxy) is 2. The lowest BCUT2D eigenvalue weighted by molar-refractivity contribution is -0.125. The van der Waals surface area contributed by atoms with Crippen LogP contribution in [0.2, 0.25) is 0 Å². The van der Waals surface area contributed by atoms with Gasteiger partial charge in [-0.2, -0.15) is 0 Å². The maximum absolute atomic E-state index is 14.5. The van der Waals surface area contributed by atoms with Crippen LogP contribution in [0.4, 0.5) is 10.1 Å². The zero-order valence-electron chi connectivity index (χ0n) is 15.3. The molecule has 0 spiro atoms. The molecule has 2 atom stereocenters. The summed E-state index contributed by atoms with van der Waals surface area (Å²) in [5.41, 5.74) is 5.96. The van der Waals surface area contributed by atoms with Crippen molar-refractivity contribution >= 4 is 28.5 Å². The Morgan fingerprint density at radius 3 is 2.89 bits per heavy atom. The number of hydrogen-bond acceptors (Lipinski definition) is 6. The number of nitrogens with one attached hydrogen (secondary N) is 1. The minimum absolute atomic E-state index is 0.104. The molecule has 1 amide bonds.